The van der Waals surface area contributed by atoms with Crippen molar-refractivity contribution in [2.45, 2.75) is 13.5 Å². The first-order chi connectivity index (χ1) is 9.19. The fraction of sp³-hybridized carbons (Fsp3) is 0.143. The average molecular weight is 254 g/mol. The van der Waals surface area contributed by atoms with Crippen LogP contribution in [0.1, 0.15) is 11.3 Å². The van der Waals surface area contributed by atoms with E-state index in [0.29, 0.717) is 17.9 Å². The fourth-order valence-corrected chi connectivity index (χ4v) is 2.14. The molecule has 0 saturated heterocycles. The number of nitrogens with zero attached hydrogens (tertiary/aromatic N) is 1. The Kier molecular flexibility index (Phi) is 2.68. The molecule has 2 heterocycles. The number of aryl methyl sites for hydroxylation is 1. The number of benzene rings is 1. The van der Waals surface area contributed by atoms with Gasteiger partial charge in [0.25, 0.3) is 0 Å². The zero-order valence-corrected chi connectivity index (χ0v) is 10.5. The highest BCUT2D eigenvalue weighted by molar-refractivity contribution is 5.82. The second-order valence-electron chi connectivity index (χ2n) is 4.50. The first-order valence-corrected chi connectivity index (χ1v) is 6.06. The largest absolute Gasteiger partial charge is 0.364 e. The van der Waals surface area contributed by atoms with Gasteiger partial charge in [0, 0.05) is 24.5 Å². The van der Waals surface area contributed by atoms with Crippen molar-refractivity contribution in [3.05, 3.63) is 51.9 Å². The van der Waals surface area contributed by atoms with Gasteiger partial charge < -0.3 is 15.7 Å². The maximum Gasteiger partial charge on any atom is 0.192 e. The van der Waals surface area contributed by atoms with Crippen molar-refractivity contribution in [3.63, 3.8) is 0 Å². The number of nitrogens with one attached hydrogen (secondary N) is 2. The summed E-state index contributed by atoms with van der Waals surface area (Å²) < 4.78 is 0. The normalized spacial score (nSPS) is 11.1. The van der Waals surface area contributed by atoms with Crippen molar-refractivity contribution < 1.29 is 0 Å². The lowest BCUT2D eigenvalue weighted by atomic mass is 10.2. The molecule has 96 valence electrons. The van der Waals surface area contributed by atoms with Crippen LogP contribution in [0.5, 0.6) is 0 Å². The topological polar surface area (TPSA) is 87.6 Å². The third kappa shape index (κ3) is 1.94. The van der Waals surface area contributed by atoms with Crippen LogP contribution in [0.15, 0.2) is 35.3 Å². The summed E-state index contributed by atoms with van der Waals surface area (Å²) in [4.78, 5) is 22.6. The molecule has 0 saturated carbocycles. The number of aromatic amines is 2. The highest BCUT2D eigenvalue weighted by Crippen LogP contribution is 2.20. The number of rotatable bonds is 2. The van der Waals surface area contributed by atoms with Crippen LogP contribution < -0.4 is 11.2 Å². The molecule has 0 amide bonds. The van der Waals surface area contributed by atoms with Crippen molar-refractivity contribution in [1.82, 2.24) is 15.0 Å². The number of nitrogens with two attached hydrogens (primary N) is 1. The molecule has 0 fully saturated rings. The molecule has 0 atom stereocenters. The Labute approximate surface area is 109 Å². The lowest BCUT2D eigenvalue weighted by molar-refractivity contribution is 1.08. The monoisotopic (exact) mass is 254 g/mol. The van der Waals surface area contributed by atoms with Crippen LogP contribution in [0.3, 0.4) is 0 Å². The number of aromatic nitrogens is 3. The second kappa shape index (κ2) is 4.37. The number of fused-ring (bicyclic) bond motifs is 1. The summed E-state index contributed by atoms with van der Waals surface area (Å²) in [5.41, 5.74) is 9.67. The van der Waals surface area contributed by atoms with E-state index in [2.05, 4.69) is 15.0 Å². The van der Waals surface area contributed by atoms with Crippen molar-refractivity contribution in [1.29, 1.82) is 0 Å². The lowest BCUT2D eigenvalue weighted by Crippen LogP contribution is -2.05. The molecule has 5 heteroatoms. The summed E-state index contributed by atoms with van der Waals surface area (Å²) in [6, 6.07) is 7.35. The molecule has 0 aliphatic rings. The predicted molar refractivity (Wildman–Crippen MR) is 74.8 cm³/mol. The van der Waals surface area contributed by atoms with E-state index in [0.717, 1.165) is 22.3 Å². The SMILES string of the molecule is Cc1cc(=O)c(-c2nc3c(CN)cccc3[nH]2)c[nH]1. The van der Waals surface area contributed by atoms with E-state index in [1.807, 2.05) is 25.1 Å². The predicted octanol–water partition coefficient (Wildman–Crippen LogP) is 1.69. The zero-order valence-electron chi connectivity index (χ0n) is 10.5. The summed E-state index contributed by atoms with van der Waals surface area (Å²) in [6.45, 7) is 2.27. The minimum Gasteiger partial charge on any atom is -0.364 e. The standard InChI is InChI=1S/C14H14N4O/c1-8-5-12(19)10(7-16-8)14-17-11-4-2-3-9(6-15)13(11)18-14/h2-5,7H,6,15H2,1H3,(H,16,19)(H,17,18). The van der Waals surface area contributed by atoms with Crippen LogP contribution in [0.2, 0.25) is 0 Å². The number of hydrogen-bond acceptors (Lipinski definition) is 3. The summed E-state index contributed by atoms with van der Waals surface area (Å²) in [5.74, 6) is 0.567. The van der Waals surface area contributed by atoms with Crippen LogP contribution in [0, 0.1) is 6.92 Å². The van der Waals surface area contributed by atoms with E-state index in [9.17, 15) is 4.79 Å². The smallest absolute Gasteiger partial charge is 0.192 e. The van der Waals surface area contributed by atoms with Crippen molar-refractivity contribution in [2.75, 3.05) is 0 Å². The summed E-state index contributed by atoms with van der Waals surface area (Å²) in [6.07, 6.45) is 1.68. The molecule has 19 heavy (non-hydrogen) atoms. The van der Waals surface area contributed by atoms with E-state index in [1.54, 1.807) is 12.3 Å². The highest BCUT2D eigenvalue weighted by Gasteiger charge is 2.10. The molecule has 3 rings (SSSR count). The first-order valence-electron chi connectivity index (χ1n) is 6.06. The van der Waals surface area contributed by atoms with Gasteiger partial charge in [0.2, 0.25) is 0 Å². The summed E-state index contributed by atoms with van der Waals surface area (Å²) >= 11 is 0. The molecule has 0 bridgehead atoms. The average Bonchev–Trinajstić information content (AvgIpc) is 2.81. The van der Waals surface area contributed by atoms with Gasteiger partial charge >= 0.3 is 0 Å². The molecule has 0 aliphatic heterocycles. The van der Waals surface area contributed by atoms with Crippen LogP contribution in [-0.4, -0.2) is 15.0 Å². The molecular weight excluding hydrogens is 240 g/mol. The molecule has 3 aromatic rings. The van der Waals surface area contributed by atoms with Gasteiger partial charge in [-0.3, -0.25) is 4.79 Å². The lowest BCUT2D eigenvalue weighted by Gasteiger charge is -1.96. The number of pyridine rings is 1. The van der Waals surface area contributed by atoms with Gasteiger partial charge in [0.15, 0.2) is 5.43 Å². The maximum absolute atomic E-state index is 12.0. The van der Waals surface area contributed by atoms with Crippen molar-refractivity contribution in [3.8, 4) is 11.4 Å². The van der Waals surface area contributed by atoms with E-state index in [-0.39, 0.29) is 5.43 Å². The van der Waals surface area contributed by atoms with Crippen LogP contribution in [0.4, 0.5) is 0 Å². The van der Waals surface area contributed by atoms with Crippen LogP contribution >= 0.6 is 0 Å². The van der Waals surface area contributed by atoms with Gasteiger partial charge in [-0.25, -0.2) is 4.98 Å². The van der Waals surface area contributed by atoms with Gasteiger partial charge in [-0.1, -0.05) is 12.1 Å². The van der Waals surface area contributed by atoms with Crippen LogP contribution in [0.25, 0.3) is 22.4 Å². The summed E-state index contributed by atoms with van der Waals surface area (Å²) in [5, 5.41) is 0. The molecular formula is C14H14N4O. The zero-order chi connectivity index (χ0) is 13.4. The quantitative estimate of drug-likeness (QED) is 0.650. The number of hydrogen-bond donors (Lipinski definition) is 3. The Hall–Kier alpha value is -2.40. The number of imidazole rings is 1. The maximum atomic E-state index is 12.0. The minimum absolute atomic E-state index is 0.0513. The Balaban J connectivity index is 2.23. The fourth-order valence-electron chi connectivity index (χ4n) is 2.14. The molecule has 1 aromatic carbocycles. The molecule has 5 nitrogen and oxygen atoms in total. The Bertz CT molecular complexity index is 801. The number of H-pyrrole nitrogens is 2. The third-order valence-corrected chi connectivity index (χ3v) is 3.13. The Morgan fingerprint density at radius 3 is 2.95 bits per heavy atom. The van der Waals surface area contributed by atoms with E-state index >= 15 is 0 Å². The Morgan fingerprint density at radius 2 is 2.21 bits per heavy atom. The molecule has 0 radical (unpaired) electrons. The molecule has 0 aliphatic carbocycles. The van der Waals surface area contributed by atoms with Gasteiger partial charge in [-0.2, -0.15) is 0 Å². The van der Waals surface area contributed by atoms with Gasteiger partial charge in [0.1, 0.15) is 5.82 Å². The van der Waals surface area contributed by atoms with Gasteiger partial charge in [0.05, 0.1) is 16.6 Å². The van der Waals surface area contributed by atoms with E-state index in [1.165, 1.54) is 0 Å². The highest BCUT2D eigenvalue weighted by atomic mass is 16.1. The third-order valence-electron chi connectivity index (χ3n) is 3.13. The molecule has 2 aromatic heterocycles. The number of para-hydroxylation sites is 1. The summed E-state index contributed by atoms with van der Waals surface area (Å²) in [7, 11) is 0. The molecule has 4 N–H and O–H groups in total. The van der Waals surface area contributed by atoms with Crippen molar-refractivity contribution in [2.24, 2.45) is 5.73 Å². The second-order valence-corrected chi connectivity index (χ2v) is 4.50. The molecule has 0 unspecified atom stereocenters. The minimum atomic E-state index is -0.0513. The first kappa shape index (κ1) is 11.7. The van der Waals surface area contributed by atoms with Gasteiger partial charge in [-0.05, 0) is 18.6 Å². The van der Waals surface area contributed by atoms with Crippen molar-refractivity contribution >= 4 is 11.0 Å². The van der Waals surface area contributed by atoms with E-state index in [4.69, 9.17) is 5.73 Å². The Morgan fingerprint density at radius 1 is 1.37 bits per heavy atom. The van der Waals surface area contributed by atoms with Crippen LogP contribution in [-0.2, 0) is 6.54 Å². The van der Waals surface area contributed by atoms with E-state index < -0.39 is 0 Å². The van der Waals surface area contributed by atoms with Gasteiger partial charge in [-0.15, -0.1) is 0 Å². The molecule has 0 spiro atoms.